The number of carboxylic acids is 1. The molecule has 0 unspecified atom stereocenters. The van der Waals surface area contributed by atoms with Crippen molar-refractivity contribution in [1.29, 1.82) is 0 Å². The minimum absolute atomic E-state index is 0.0990. The van der Waals surface area contributed by atoms with Crippen molar-refractivity contribution in [3.63, 3.8) is 0 Å². The molecule has 5 rings (SSSR count). The lowest BCUT2D eigenvalue weighted by atomic mass is 9.74. The molecule has 0 saturated heterocycles. The zero-order valence-electron chi connectivity index (χ0n) is 19.7. The highest BCUT2D eigenvalue weighted by Crippen LogP contribution is 2.56. The summed E-state index contributed by atoms with van der Waals surface area (Å²) >= 11 is 0. The Kier molecular flexibility index (Phi) is 5.47. The molecule has 0 radical (unpaired) electrons. The number of rotatable bonds is 4. The molecular formula is C27H22O10. The van der Waals surface area contributed by atoms with Crippen molar-refractivity contribution in [3.8, 4) is 34.1 Å². The monoisotopic (exact) mass is 506 g/mol. The van der Waals surface area contributed by atoms with Crippen LogP contribution in [0.3, 0.4) is 0 Å². The van der Waals surface area contributed by atoms with Gasteiger partial charge in [0.15, 0.2) is 5.78 Å². The molecule has 0 fully saturated rings. The number of phenols is 3. The van der Waals surface area contributed by atoms with E-state index in [1.807, 2.05) is 0 Å². The summed E-state index contributed by atoms with van der Waals surface area (Å²) in [5, 5.41) is 63.7. The SMILES string of the molecule is COc1c2c(c(O)c3c1[C@@H](O)Cc1cc(C[C@H](C)O)c(C(=O)O)c(O)c1-3)C(=O)c1cccc(O)c1C2=O. The number of carbonyl (C=O) groups is 3. The Morgan fingerprint density at radius 3 is 2.35 bits per heavy atom. The largest absolute Gasteiger partial charge is 0.507 e. The number of methoxy groups -OCH3 is 1. The number of hydrogen-bond donors (Lipinski definition) is 6. The van der Waals surface area contributed by atoms with E-state index in [4.69, 9.17) is 4.74 Å². The quantitative estimate of drug-likeness (QED) is 0.240. The van der Waals surface area contributed by atoms with Gasteiger partial charge in [-0.2, -0.15) is 0 Å². The van der Waals surface area contributed by atoms with Gasteiger partial charge in [0.2, 0.25) is 5.78 Å². The number of fused-ring (bicyclic) bond motifs is 5. The maximum Gasteiger partial charge on any atom is 0.339 e. The van der Waals surface area contributed by atoms with Gasteiger partial charge >= 0.3 is 5.97 Å². The van der Waals surface area contributed by atoms with Gasteiger partial charge in [0.05, 0.1) is 36.0 Å². The highest BCUT2D eigenvalue weighted by molar-refractivity contribution is 6.32. The number of carboxylic acid groups (broad SMARTS) is 1. The van der Waals surface area contributed by atoms with Crippen molar-refractivity contribution < 1.29 is 49.8 Å². The number of carbonyl (C=O) groups excluding carboxylic acids is 2. The van der Waals surface area contributed by atoms with Crippen LogP contribution in [0.15, 0.2) is 24.3 Å². The maximum absolute atomic E-state index is 13.5. The fourth-order valence-corrected chi connectivity index (χ4v) is 5.43. The van der Waals surface area contributed by atoms with Crippen LogP contribution in [-0.2, 0) is 12.8 Å². The van der Waals surface area contributed by atoms with Crippen molar-refractivity contribution in [2.45, 2.75) is 32.0 Å². The summed E-state index contributed by atoms with van der Waals surface area (Å²) in [4.78, 5) is 39.0. The van der Waals surface area contributed by atoms with Crippen LogP contribution in [0, 0.1) is 0 Å². The number of hydrogen-bond acceptors (Lipinski definition) is 9. The molecule has 0 heterocycles. The highest BCUT2D eigenvalue weighted by atomic mass is 16.5. The van der Waals surface area contributed by atoms with E-state index in [1.54, 1.807) is 0 Å². The molecule has 37 heavy (non-hydrogen) atoms. The third-order valence-corrected chi connectivity index (χ3v) is 6.83. The molecule has 0 bridgehead atoms. The Hall–Kier alpha value is -4.41. The predicted octanol–water partition coefficient (Wildman–Crippen LogP) is 2.47. The fraction of sp³-hybridized carbons (Fsp3) is 0.222. The Bertz CT molecular complexity index is 1550. The summed E-state index contributed by atoms with van der Waals surface area (Å²) in [6, 6.07) is 5.34. The van der Waals surface area contributed by atoms with Crippen molar-refractivity contribution in [3.05, 3.63) is 68.8 Å². The molecule has 0 saturated carbocycles. The van der Waals surface area contributed by atoms with E-state index in [-0.39, 0.29) is 63.1 Å². The van der Waals surface area contributed by atoms with Gasteiger partial charge in [0.25, 0.3) is 0 Å². The number of benzene rings is 3. The molecule has 2 aliphatic carbocycles. The summed E-state index contributed by atoms with van der Waals surface area (Å²) in [5.41, 5.74) is -1.84. The number of aromatic hydroxyl groups is 3. The standard InChI is InChI=1S/C27H22O10/c1-9(28)6-10-7-11-8-14(30)18-19(15(11)23(32)16(10)27(35)36)25(34)20-21(26(18)37-2)24(33)17-12(22(20)31)4-3-5-13(17)29/h3-5,7,9,14,28-30,32,34H,6,8H2,1-2H3,(H,35,36)/t9-,14-/m0/s1. The molecule has 3 aromatic rings. The van der Waals surface area contributed by atoms with Crippen LogP contribution >= 0.6 is 0 Å². The first-order chi connectivity index (χ1) is 17.5. The van der Waals surface area contributed by atoms with Crippen molar-refractivity contribution >= 4 is 17.5 Å². The van der Waals surface area contributed by atoms with Gasteiger partial charge in [-0.3, -0.25) is 9.59 Å². The maximum atomic E-state index is 13.5. The van der Waals surface area contributed by atoms with Gasteiger partial charge in [-0.05, 0) is 30.5 Å². The number of aliphatic hydroxyl groups is 2. The number of aliphatic hydroxyl groups excluding tert-OH is 2. The second kappa shape index (κ2) is 8.32. The third kappa shape index (κ3) is 3.30. The predicted molar refractivity (Wildman–Crippen MR) is 128 cm³/mol. The Labute approximate surface area is 209 Å². The van der Waals surface area contributed by atoms with Gasteiger partial charge in [-0.1, -0.05) is 18.2 Å². The molecule has 0 spiro atoms. The number of aromatic carboxylic acids is 1. The summed E-state index contributed by atoms with van der Waals surface area (Å²) < 4.78 is 5.46. The first-order valence-corrected chi connectivity index (χ1v) is 11.3. The van der Waals surface area contributed by atoms with Crippen LogP contribution in [0.2, 0.25) is 0 Å². The van der Waals surface area contributed by atoms with E-state index in [0.717, 1.165) is 0 Å². The molecular weight excluding hydrogens is 484 g/mol. The minimum atomic E-state index is -1.48. The van der Waals surface area contributed by atoms with Gasteiger partial charge in [0, 0.05) is 28.7 Å². The molecule has 190 valence electrons. The zero-order valence-corrected chi connectivity index (χ0v) is 19.7. The van der Waals surface area contributed by atoms with Crippen LogP contribution in [0.4, 0.5) is 0 Å². The van der Waals surface area contributed by atoms with Crippen molar-refractivity contribution in [2.24, 2.45) is 0 Å². The Morgan fingerprint density at radius 1 is 1.03 bits per heavy atom. The van der Waals surface area contributed by atoms with Crippen LogP contribution in [0.1, 0.15) is 71.9 Å². The van der Waals surface area contributed by atoms with Crippen LogP contribution in [0.25, 0.3) is 11.1 Å². The minimum Gasteiger partial charge on any atom is -0.507 e. The summed E-state index contributed by atoms with van der Waals surface area (Å²) in [6.45, 7) is 1.45. The lowest BCUT2D eigenvalue weighted by Gasteiger charge is -2.32. The van der Waals surface area contributed by atoms with E-state index in [9.17, 15) is 45.0 Å². The Balaban J connectivity index is 1.91. The summed E-state index contributed by atoms with van der Waals surface area (Å²) in [5.74, 6) is -5.24. The number of ketones is 2. The third-order valence-electron chi connectivity index (χ3n) is 6.83. The van der Waals surface area contributed by atoms with Crippen LogP contribution < -0.4 is 4.74 Å². The smallest absolute Gasteiger partial charge is 0.339 e. The highest BCUT2D eigenvalue weighted by Gasteiger charge is 2.43. The van der Waals surface area contributed by atoms with Gasteiger partial charge in [0.1, 0.15) is 28.6 Å². The zero-order chi connectivity index (χ0) is 26.9. The van der Waals surface area contributed by atoms with Crippen molar-refractivity contribution in [1.82, 2.24) is 0 Å². The fourth-order valence-electron chi connectivity index (χ4n) is 5.43. The second-order valence-electron chi connectivity index (χ2n) is 9.15. The van der Waals surface area contributed by atoms with Crippen LogP contribution in [-0.4, -0.2) is 61.4 Å². The van der Waals surface area contributed by atoms with E-state index < -0.39 is 58.1 Å². The van der Waals surface area contributed by atoms with E-state index in [1.165, 1.54) is 38.3 Å². The van der Waals surface area contributed by atoms with E-state index in [2.05, 4.69) is 0 Å². The molecule has 2 aliphatic rings. The molecule has 0 amide bonds. The lowest BCUT2D eigenvalue weighted by molar-refractivity contribution is 0.0691. The average molecular weight is 506 g/mol. The van der Waals surface area contributed by atoms with E-state index >= 15 is 0 Å². The molecule has 0 aliphatic heterocycles. The summed E-state index contributed by atoms with van der Waals surface area (Å²) in [7, 11) is 1.20. The normalized spacial score (nSPS) is 16.4. The molecule has 6 N–H and O–H groups in total. The molecule has 2 atom stereocenters. The topological polar surface area (TPSA) is 182 Å². The van der Waals surface area contributed by atoms with Gasteiger partial charge < -0.3 is 35.4 Å². The molecule has 10 heteroatoms. The Morgan fingerprint density at radius 2 is 1.73 bits per heavy atom. The second-order valence-corrected chi connectivity index (χ2v) is 9.15. The van der Waals surface area contributed by atoms with Gasteiger partial charge in [-0.25, -0.2) is 4.79 Å². The first-order valence-electron chi connectivity index (χ1n) is 11.3. The summed E-state index contributed by atoms with van der Waals surface area (Å²) in [6.07, 6.45) is -2.56. The molecule has 3 aromatic carbocycles. The first kappa shape index (κ1) is 24.3. The average Bonchev–Trinajstić information content (AvgIpc) is 2.81. The number of phenolic OH excluding ortho intramolecular Hbond substituents is 2. The van der Waals surface area contributed by atoms with E-state index in [0.29, 0.717) is 0 Å². The molecule has 10 nitrogen and oxygen atoms in total. The van der Waals surface area contributed by atoms with Gasteiger partial charge in [-0.15, -0.1) is 0 Å². The van der Waals surface area contributed by atoms with Crippen molar-refractivity contribution in [2.75, 3.05) is 7.11 Å². The lowest BCUT2D eigenvalue weighted by Crippen LogP contribution is -2.25. The van der Waals surface area contributed by atoms with Crippen LogP contribution in [0.5, 0.6) is 23.0 Å². The molecule has 0 aromatic heterocycles. The number of ether oxygens (including phenoxy) is 1.